The first-order valence-electron chi connectivity index (χ1n) is 6.37. The van der Waals surface area contributed by atoms with E-state index in [0.717, 1.165) is 19.3 Å². The molecule has 2 atom stereocenters. The molecule has 0 amide bonds. The number of methoxy groups -OCH3 is 1. The number of ether oxygens (including phenoxy) is 1. The molecule has 2 heterocycles. The van der Waals surface area contributed by atoms with E-state index in [-0.39, 0.29) is 28.7 Å². The summed E-state index contributed by atoms with van der Waals surface area (Å²) in [5.74, 6) is 0.416. The summed E-state index contributed by atoms with van der Waals surface area (Å²) < 4.78 is 32.5. The van der Waals surface area contributed by atoms with Crippen molar-refractivity contribution in [2.45, 2.75) is 42.5 Å². The molecule has 5 nitrogen and oxygen atoms in total. The summed E-state index contributed by atoms with van der Waals surface area (Å²) in [5, 5.41) is 1.73. The zero-order chi connectivity index (χ0) is 14.0. The molecule has 1 aliphatic rings. The normalized spacial score (nSPS) is 22.1. The van der Waals surface area contributed by atoms with Crippen molar-refractivity contribution in [1.82, 2.24) is 4.31 Å². The number of hydrogen-bond acceptors (Lipinski definition) is 5. The van der Waals surface area contributed by atoms with E-state index in [9.17, 15) is 8.42 Å². The standard InChI is InChI=1S/C12H20N2O3S2.ClH/c1-9(13)10-5-3-4-7-14(10)19(15,16)12-11(17-2)6-8-18-12;/h6,8-10H,3-5,7,13H2,1-2H3;1H. The summed E-state index contributed by atoms with van der Waals surface area (Å²) >= 11 is 1.19. The van der Waals surface area contributed by atoms with E-state index in [0.29, 0.717) is 12.3 Å². The lowest BCUT2D eigenvalue weighted by molar-refractivity contribution is 0.227. The summed E-state index contributed by atoms with van der Waals surface area (Å²) in [5.41, 5.74) is 5.94. The fraction of sp³-hybridized carbons (Fsp3) is 0.667. The molecule has 0 aliphatic carbocycles. The van der Waals surface area contributed by atoms with Crippen LogP contribution < -0.4 is 10.5 Å². The third kappa shape index (κ3) is 3.28. The van der Waals surface area contributed by atoms with Crippen LogP contribution in [-0.2, 0) is 10.0 Å². The highest BCUT2D eigenvalue weighted by molar-refractivity contribution is 7.91. The maximum atomic E-state index is 12.7. The summed E-state index contributed by atoms with van der Waals surface area (Å²) in [4.78, 5) is 0. The third-order valence-electron chi connectivity index (χ3n) is 3.46. The summed E-state index contributed by atoms with van der Waals surface area (Å²) in [6.45, 7) is 2.40. The molecule has 0 radical (unpaired) electrons. The van der Waals surface area contributed by atoms with Gasteiger partial charge in [-0.25, -0.2) is 8.42 Å². The van der Waals surface area contributed by atoms with Gasteiger partial charge in [0.15, 0.2) is 4.21 Å². The highest BCUT2D eigenvalue weighted by Gasteiger charge is 2.37. The van der Waals surface area contributed by atoms with Gasteiger partial charge >= 0.3 is 0 Å². The van der Waals surface area contributed by atoms with E-state index < -0.39 is 10.0 Å². The van der Waals surface area contributed by atoms with Crippen LogP contribution in [-0.4, -0.2) is 38.5 Å². The van der Waals surface area contributed by atoms with Crippen LogP contribution in [0.1, 0.15) is 26.2 Å². The van der Waals surface area contributed by atoms with Gasteiger partial charge in [0.05, 0.1) is 7.11 Å². The van der Waals surface area contributed by atoms with Crippen LogP contribution >= 0.6 is 23.7 Å². The van der Waals surface area contributed by atoms with Gasteiger partial charge in [-0.15, -0.1) is 23.7 Å². The molecule has 0 bridgehead atoms. The fourth-order valence-electron chi connectivity index (χ4n) is 2.48. The Hall–Kier alpha value is -0.340. The van der Waals surface area contributed by atoms with Crippen molar-refractivity contribution < 1.29 is 13.2 Å². The van der Waals surface area contributed by atoms with Crippen LogP contribution in [0.2, 0.25) is 0 Å². The van der Waals surface area contributed by atoms with E-state index >= 15 is 0 Å². The highest BCUT2D eigenvalue weighted by atomic mass is 35.5. The van der Waals surface area contributed by atoms with E-state index in [4.69, 9.17) is 10.5 Å². The molecule has 2 N–H and O–H groups in total. The largest absolute Gasteiger partial charge is 0.494 e. The molecular weight excluding hydrogens is 320 g/mol. The minimum absolute atomic E-state index is 0. The number of hydrogen-bond donors (Lipinski definition) is 1. The Labute approximate surface area is 130 Å². The Balaban J connectivity index is 0.00000200. The monoisotopic (exact) mass is 340 g/mol. The smallest absolute Gasteiger partial charge is 0.256 e. The summed E-state index contributed by atoms with van der Waals surface area (Å²) in [6, 6.07) is 1.40. The van der Waals surface area contributed by atoms with Crippen LogP contribution in [0.5, 0.6) is 5.75 Å². The van der Waals surface area contributed by atoms with Gasteiger partial charge < -0.3 is 10.5 Å². The maximum absolute atomic E-state index is 12.7. The first-order chi connectivity index (χ1) is 8.98. The van der Waals surface area contributed by atoms with Crippen molar-refractivity contribution in [3.05, 3.63) is 11.4 Å². The number of halogens is 1. The van der Waals surface area contributed by atoms with Gasteiger partial charge in [0.1, 0.15) is 5.75 Å². The van der Waals surface area contributed by atoms with E-state index in [1.807, 2.05) is 6.92 Å². The van der Waals surface area contributed by atoms with Crippen molar-refractivity contribution in [1.29, 1.82) is 0 Å². The van der Waals surface area contributed by atoms with Crippen molar-refractivity contribution >= 4 is 33.8 Å². The van der Waals surface area contributed by atoms with Gasteiger partial charge in [-0.3, -0.25) is 0 Å². The zero-order valence-electron chi connectivity index (χ0n) is 11.6. The molecular formula is C12H21ClN2O3S2. The Bertz CT molecular complexity index is 531. The number of sulfonamides is 1. The van der Waals surface area contributed by atoms with E-state index in [1.165, 1.54) is 18.4 Å². The molecule has 2 unspecified atom stereocenters. The van der Waals surface area contributed by atoms with Crippen molar-refractivity contribution in [3.63, 3.8) is 0 Å². The average molecular weight is 341 g/mol. The molecule has 1 aromatic heterocycles. The second-order valence-electron chi connectivity index (χ2n) is 4.81. The van der Waals surface area contributed by atoms with Crippen LogP contribution in [0.25, 0.3) is 0 Å². The Morgan fingerprint density at radius 3 is 2.80 bits per heavy atom. The lowest BCUT2D eigenvalue weighted by Gasteiger charge is -2.36. The lowest BCUT2D eigenvalue weighted by atomic mass is 10.00. The predicted molar refractivity (Wildman–Crippen MR) is 83.3 cm³/mol. The van der Waals surface area contributed by atoms with Gasteiger partial charge in [-0.2, -0.15) is 4.31 Å². The number of thiophene rings is 1. The second-order valence-corrected chi connectivity index (χ2v) is 7.82. The molecule has 8 heteroatoms. The number of rotatable bonds is 4. The molecule has 1 aliphatic heterocycles. The molecule has 1 fully saturated rings. The molecule has 116 valence electrons. The Kier molecular flexibility index (Phi) is 6.27. The van der Waals surface area contributed by atoms with Gasteiger partial charge in [0.2, 0.25) is 0 Å². The fourth-order valence-corrected chi connectivity index (χ4v) is 5.65. The Morgan fingerprint density at radius 1 is 1.50 bits per heavy atom. The van der Waals surface area contributed by atoms with Crippen LogP contribution in [0, 0.1) is 0 Å². The number of nitrogens with zero attached hydrogens (tertiary/aromatic N) is 1. The summed E-state index contributed by atoms with van der Waals surface area (Å²) in [6.07, 6.45) is 2.74. The molecule has 20 heavy (non-hydrogen) atoms. The SMILES string of the molecule is COc1ccsc1S(=O)(=O)N1CCCCC1C(C)N.Cl. The van der Waals surface area contributed by atoms with E-state index in [2.05, 4.69) is 0 Å². The van der Waals surface area contributed by atoms with Crippen LogP contribution in [0.3, 0.4) is 0 Å². The highest BCUT2D eigenvalue weighted by Crippen LogP contribution is 2.35. The van der Waals surface area contributed by atoms with Gasteiger partial charge in [-0.1, -0.05) is 6.42 Å². The van der Waals surface area contributed by atoms with Crippen molar-refractivity contribution in [2.75, 3.05) is 13.7 Å². The number of piperidine rings is 1. The molecule has 2 rings (SSSR count). The third-order valence-corrected chi connectivity index (χ3v) is 6.81. The minimum Gasteiger partial charge on any atom is -0.494 e. The molecule has 0 spiro atoms. The minimum atomic E-state index is -3.51. The topological polar surface area (TPSA) is 72.6 Å². The van der Waals surface area contributed by atoms with Crippen molar-refractivity contribution in [2.24, 2.45) is 5.73 Å². The van der Waals surface area contributed by atoms with Gasteiger partial charge in [0, 0.05) is 18.6 Å². The second kappa shape index (κ2) is 7.09. The average Bonchev–Trinajstić information content (AvgIpc) is 2.87. The van der Waals surface area contributed by atoms with Crippen molar-refractivity contribution in [3.8, 4) is 5.75 Å². The zero-order valence-corrected chi connectivity index (χ0v) is 14.1. The number of nitrogens with two attached hydrogens (primary N) is 1. The molecule has 1 saturated heterocycles. The first kappa shape index (κ1) is 17.7. The molecule has 0 saturated carbocycles. The summed E-state index contributed by atoms with van der Waals surface area (Å²) in [7, 11) is -2.02. The van der Waals surface area contributed by atoms with Crippen LogP contribution in [0.15, 0.2) is 15.7 Å². The predicted octanol–water partition coefficient (Wildman–Crippen LogP) is 2.07. The lowest BCUT2D eigenvalue weighted by Crippen LogP contribution is -2.51. The van der Waals surface area contributed by atoms with Crippen LogP contribution in [0.4, 0.5) is 0 Å². The Morgan fingerprint density at radius 2 is 2.20 bits per heavy atom. The quantitative estimate of drug-likeness (QED) is 0.910. The van der Waals surface area contributed by atoms with Gasteiger partial charge in [-0.05, 0) is 31.2 Å². The first-order valence-corrected chi connectivity index (χ1v) is 8.69. The van der Waals surface area contributed by atoms with Gasteiger partial charge in [0.25, 0.3) is 10.0 Å². The molecule has 1 aromatic rings. The molecule has 0 aromatic carbocycles. The maximum Gasteiger partial charge on any atom is 0.256 e. The van der Waals surface area contributed by atoms with E-state index in [1.54, 1.807) is 15.8 Å².